The monoisotopic (exact) mass is 352 g/mol. The third-order valence-electron chi connectivity index (χ3n) is 4.09. The SMILES string of the molecule is CCCCC[C@@H](C=O)[C@H](/C=C/[C@@H](O)C/C=C\CCCC(=O)O)C(C)=O. The quantitative estimate of drug-likeness (QED) is 0.266. The Bertz CT molecular complexity index is 453. The van der Waals surface area contributed by atoms with Gasteiger partial charge >= 0.3 is 5.97 Å². The Morgan fingerprint density at radius 3 is 2.36 bits per heavy atom. The molecule has 0 rings (SSSR count). The Labute approximate surface area is 150 Å². The number of aliphatic carboxylic acids is 1. The molecule has 0 aliphatic heterocycles. The van der Waals surface area contributed by atoms with Gasteiger partial charge in [0.05, 0.1) is 6.10 Å². The Hall–Kier alpha value is -1.75. The Balaban J connectivity index is 4.43. The van der Waals surface area contributed by atoms with E-state index in [2.05, 4.69) is 6.92 Å². The van der Waals surface area contributed by atoms with Gasteiger partial charge in [0, 0.05) is 18.3 Å². The molecule has 0 radical (unpaired) electrons. The van der Waals surface area contributed by atoms with E-state index < -0.39 is 18.0 Å². The Kier molecular flexibility index (Phi) is 13.6. The van der Waals surface area contributed by atoms with Gasteiger partial charge in [0.15, 0.2) is 0 Å². The van der Waals surface area contributed by atoms with Crippen molar-refractivity contribution in [2.24, 2.45) is 11.8 Å². The van der Waals surface area contributed by atoms with E-state index >= 15 is 0 Å². The number of hydrogen-bond donors (Lipinski definition) is 2. The number of carboxylic acid groups (broad SMARTS) is 1. The van der Waals surface area contributed by atoms with Crippen LogP contribution >= 0.6 is 0 Å². The highest BCUT2D eigenvalue weighted by molar-refractivity contribution is 5.83. The zero-order chi connectivity index (χ0) is 19.1. The van der Waals surface area contributed by atoms with E-state index in [0.717, 1.165) is 25.5 Å². The largest absolute Gasteiger partial charge is 0.481 e. The normalized spacial score (nSPS) is 15.3. The van der Waals surface area contributed by atoms with Gasteiger partial charge in [-0.05, 0) is 32.6 Å². The number of carbonyl (C=O) groups excluding carboxylic acids is 2. The molecule has 0 fully saturated rings. The minimum atomic E-state index is -0.810. The molecule has 3 atom stereocenters. The Morgan fingerprint density at radius 1 is 1.08 bits per heavy atom. The summed E-state index contributed by atoms with van der Waals surface area (Å²) in [5.74, 6) is -1.70. The molecule has 25 heavy (non-hydrogen) atoms. The highest BCUT2D eigenvalue weighted by Gasteiger charge is 2.22. The predicted molar refractivity (Wildman–Crippen MR) is 98.3 cm³/mol. The standard InChI is InChI=1S/C20H32O5/c1-3-4-7-10-17(15-21)19(16(2)22)14-13-18(23)11-8-5-6-9-12-20(24)25/h5,8,13-15,17-19,23H,3-4,6-7,9-12H2,1-2H3,(H,24,25)/b8-5-,14-13+/t17-,18-,19+/m0/s1. The zero-order valence-electron chi connectivity index (χ0n) is 15.4. The van der Waals surface area contributed by atoms with E-state index in [1.807, 2.05) is 6.08 Å². The maximum Gasteiger partial charge on any atom is 0.303 e. The second-order valence-electron chi connectivity index (χ2n) is 6.38. The molecule has 0 heterocycles. The lowest BCUT2D eigenvalue weighted by Crippen LogP contribution is -2.22. The summed E-state index contributed by atoms with van der Waals surface area (Å²) in [5.41, 5.74) is 0. The lowest BCUT2D eigenvalue weighted by atomic mass is 9.85. The van der Waals surface area contributed by atoms with Crippen LogP contribution in [0.15, 0.2) is 24.3 Å². The number of aldehydes is 1. The average molecular weight is 352 g/mol. The molecule has 5 nitrogen and oxygen atoms in total. The minimum absolute atomic E-state index is 0.0683. The molecule has 0 aliphatic carbocycles. The van der Waals surface area contributed by atoms with Gasteiger partial charge in [-0.1, -0.05) is 50.5 Å². The van der Waals surface area contributed by atoms with Crippen molar-refractivity contribution in [3.8, 4) is 0 Å². The topological polar surface area (TPSA) is 91.7 Å². The summed E-state index contributed by atoms with van der Waals surface area (Å²) >= 11 is 0. The van der Waals surface area contributed by atoms with Crippen LogP contribution in [0.25, 0.3) is 0 Å². The third-order valence-corrected chi connectivity index (χ3v) is 4.09. The molecular weight excluding hydrogens is 320 g/mol. The predicted octanol–water partition coefficient (Wildman–Crippen LogP) is 3.71. The molecule has 0 aromatic rings. The smallest absolute Gasteiger partial charge is 0.303 e. The van der Waals surface area contributed by atoms with Crippen LogP contribution < -0.4 is 0 Å². The van der Waals surface area contributed by atoms with Gasteiger partial charge in [0.1, 0.15) is 12.1 Å². The van der Waals surface area contributed by atoms with E-state index in [1.165, 1.54) is 6.92 Å². The number of unbranched alkanes of at least 4 members (excludes halogenated alkanes) is 3. The number of carbonyl (C=O) groups is 3. The molecule has 0 bridgehead atoms. The molecule has 0 aromatic carbocycles. The highest BCUT2D eigenvalue weighted by Crippen LogP contribution is 2.20. The number of Topliss-reactive ketones (excluding diaryl/α,β-unsaturated/α-hetero) is 1. The van der Waals surface area contributed by atoms with Crippen molar-refractivity contribution in [1.82, 2.24) is 0 Å². The molecule has 5 heteroatoms. The van der Waals surface area contributed by atoms with Gasteiger partial charge in [-0.2, -0.15) is 0 Å². The van der Waals surface area contributed by atoms with Crippen LogP contribution in [-0.4, -0.2) is 34.4 Å². The molecule has 142 valence electrons. The lowest BCUT2D eigenvalue weighted by Gasteiger charge is -2.17. The van der Waals surface area contributed by atoms with E-state index in [0.29, 0.717) is 25.7 Å². The summed E-state index contributed by atoms with van der Waals surface area (Å²) in [6.45, 7) is 3.56. The first-order valence-electron chi connectivity index (χ1n) is 9.11. The first-order chi connectivity index (χ1) is 11.9. The van der Waals surface area contributed by atoms with Crippen molar-refractivity contribution >= 4 is 18.0 Å². The summed E-state index contributed by atoms with van der Waals surface area (Å²) < 4.78 is 0. The van der Waals surface area contributed by atoms with Gasteiger partial charge in [-0.15, -0.1) is 0 Å². The molecule has 0 amide bonds. The summed E-state index contributed by atoms with van der Waals surface area (Å²) in [6.07, 6.45) is 12.5. The number of rotatable bonds is 15. The second kappa shape index (κ2) is 14.6. The van der Waals surface area contributed by atoms with E-state index in [1.54, 1.807) is 18.2 Å². The number of aliphatic hydroxyl groups is 1. The van der Waals surface area contributed by atoms with E-state index in [-0.39, 0.29) is 18.1 Å². The first-order valence-corrected chi connectivity index (χ1v) is 9.11. The van der Waals surface area contributed by atoms with Crippen molar-refractivity contribution in [2.45, 2.75) is 71.3 Å². The molecule has 0 aromatic heterocycles. The summed E-state index contributed by atoms with van der Waals surface area (Å²) in [5, 5.41) is 18.5. The number of aliphatic hydroxyl groups excluding tert-OH is 1. The fourth-order valence-electron chi connectivity index (χ4n) is 2.59. The highest BCUT2D eigenvalue weighted by atomic mass is 16.4. The second-order valence-corrected chi connectivity index (χ2v) is 6.38. The third kappa shape index (κ3) is 12.3. The Morgan fingerprint density at radius 2 is 1.80 bits per heavy atom. The fourth-order valence-corrected chi connectivity index (χ4v) is 2.59. The van der Waals surface area contributed by atoms with Crippen molar-refractivity contribution in [3.05, 3.63) is 24.3 Å². The molecule has 2 N–H and O–H groups in total. The molecule has 0 spiro atoms. The summed E-state index contributed by atoms with van der Waals surface area (Å²) in [4.78, 5) is 33.5. The van der Waals surface area contributed by atoms with E-state index in [4.69, 9.17) is 5.11 Å². The van der Waals surface area contributed by atoms with Gasteiger partial charge < -0.3 is 15.0 Å². The van der Waals surface area contributed by atoms with E-state index in [9.17, 15) is 19.5 Å². The number of carboxylic acids is 1. The van der Waals surface area contributed by atoms with Gasteiger partial charge in [0.2, 0.25) is 0 Å². The van der Waals surface area contributed by atoms with Crippen LogP contribution in [0.5, 0.6) is 0 Å². The van der Waals surface area contributed by atoms with Crippen molar-refractivity contribution < 1.29 is 24.6 Å². The average Bonchev–Trinajstić information content (AvgIpc) is 2.56. The first kappa shape index (κ1) is 23.2. The maximum atomic E-state index is 11.8. The molecule has 0 aliphatic rings. The molecule has 0 saturated heterocycles. The van der Waals surface area contributed by atoms with Crippen molar-refractivity contribution in [3.63, 3.8) is 0 Å². The van der Waals surface area contributed by atoms with Crippen LogP contribution in [0.4, 0.5) is 0 Å². The van der Waals surface area contributed by atoms with Crippen LogP contribution in [0.3, 0.4) is 0 Å². The van der Waals surface area contributed by atoms with Crippen LogP contribution in [0.2, 0.25) is 0 Å². The number of allylic oxidation sites excluding steroid dienone is 2. The lowest BCUT2D eigenvalue weighted by molar-refractivity contribution is -0.137. The molecular formula is C20H32O5. The van der Waals surface area contributed by atoms with Crippen LogP contribution in [0, 0.1) is 11.8 Å². The van der Waals surface area contributed by atoms with Crippen molar-refractivity contribution in [2.75, 3.05) is 0 Å². The minimum Gasteiger partial charge on any atom is -0.481 e. The van der Waals surface area contributed by atoms with Gasteiger partial charge in [-0.3, -0.25) is 9.59 Å². The molecule has 0 unspecified atom stereocenters. The zero-order valence-corrected chi connectivity index (χ0v) is 15.4. The maximum absolute atomic E-state index is 11.8. The summed E-state index contributed by atoms with van der Waals surface area (Å²) in [6, 6.07) is 0. The number of hydrogen-bond acceptors (Lipinski definition) is 4. The van der Waals surface area contributed by atoms with Crippen LogP contribution in [0.1, 0.15) is 65.2 Å². The van der Waals surface area contributed by atoms with Crippen LogP contribution in [-0.2, 0) is 14.4 Å². The van der Waals surface area contributed by atoms with Gasteiger partial charge in [0.25, 0.3) is 0 Å². The van der Waals surface area contributed by atoms with Gasteiger partial charge in [-0.25, -0.2) is 0 Å². The number of ketones is 1. The van der Waals surface area contributed by atoms with Crippen molar-refractivity contribution in [1.29, 1.82) is 0 Å². The fraction of sp³-hybridized carbons (Fsp3) is 0.650. The molecule has 0 saturated carbocycles. The summed E-state index contributed by atoms with van der Waals surface area (Å²) in [7, 11) is 0.